The van der Waals surface area contributed by atoms with E-state index in [-0.39, 0.29) is 0 Å². The van der Waals surface area contributed by atoms with Gasteiger partial charge in [-0.25, -0.2) is 0 Å². The first kappa shape index (κ1) is 14.3. The van der Waals surface area contributed by atoms with Crippen molar-refractivity contribution in [2.24, 2.45) is 5.92 Å². The predicted octanol–water partition coefficient (Wildman–Crippen LogP) is 3.89. The van der Waals surface area contributed by atoms with E-state index in [1.54, 1.807) is 0 Å². The first-order valence-corrected chi connectivity index (χ1v) is 8.17. The smallest absolute Gasteiger partial charge is 0.0575 e. The van der Waals surface area contributed by atoms with Crippen molar-refractivity contribution in [1.82, 2.24) is 5.32 Å². The minimum Gasteiger partial charge on any atom is -0.378 e. The molecule has 2 aliphatic rings. The number of rotatable bonds is 6. The molecule has 2 fully saturated rings. The maximum atomic E-state index is 5.84. The van der Waals surface area contributed by atoms with Gasteiger partial charge in [-0.3, -0.25) is 0 Å². The molecule has 2 atom stereocenters. The van der Waals surface area contributed by atoms with E-state index in [0.29, 0.717) is 6.10 Å². The van der Waals surface area contributed by atoms with Crippen LogP contribution in [-0.2, 0) is 4.74 Å². The highest BCUT2D eigenvalue weighted by molar-refractivity contribution is 4.75. The molecule has 1 saturated heterocycles. The molecular weight excluding hydrogens is 222 g/mol. The molecule has 2 unspecified atom stereocenters. The van der Waals surface area contributed by atoms with Gasteiger partial charge in [0.25, 0.3) is 0 Å². The Morgan fingerprint density at radius 1 is 1.06 bits per heavy atom. The summed E-state index contributed by atoms with van der Waals surface area (Å²) in [5.41, 5.74) is 0. The Morgan fingerprint density at radius 3 is 2.50 bits per heavy atom. The maximum absolute atomic E-state index is 5.84. The van der Waals surface area contributed by atoms with Gasteiger partial charge in [0.1, 0.15) is 0 Å². The molecule has 2 rings (SSSR count). The van der Waals surface area contributed by atoms with Crippen molar-refractivity contribution in [2.45, 2.75) is 82.8 Å². The topological polar surface area (TPSA) is 21.3 Å². The van der Waals surface area contributed by atoms with Crippen LogP contribution in [0.25, 0.3) is 0 Å². The van der Waals surface area contributed by atoms with E-state index in [1.807, 2.05) is 0 Å². The summed E-state index contributed by atoms with van der Waals surface area (Å²) >= 11 is 0. The predicted molar refractivity (Wildman–Crippen MR) is 76.9 cm³/mol. The van der Waals surface area contributed by atoms with E-state index in [9.17, 15) is 0 Å². The highest BCUT2D eigenvalue weighted by Gasteiger charge is 2.20. The van der Waals surface area contributed by atoms with Gasteiger partial charge >= 0.3 is 0 Å². The van der Waals surface area contributed by atoms with E-state index in [1.165, 1.54) is 70.6 Å². The Morgan fingerprint density at radius 2 is 1.83 bits per heavy atom. The Balaban J connectivity index is 1.64. The molecule has 106 valence electrons. The molecule has 1 aliphatic heterocycles. The van der Waals surface area contributed by atoms with E-state index in [4.69, 9.17) is 4.74 Å². The van der Waals surface area contributed by atoms with Crippen LogP contribution < -0.4 is 5.32 Å². The van der Waals surface area contributed by atoms with Crippen molar-refractivity contribution in [3.63, 3.8) is 0 Å². The summed E-state index contributed by atoms with van der Waals surface area (Å²) in [5, 5.41) is 3.53. The van der Waals surface area contributed by atoms with Crippen LogP contribution in [0.4, 0.5) is 0 Å². The standard InChI is InChI=1S/C16H31NO/c1-17-15(13-14-7-3-2-4-8-14)10-11-16-9-5-6-12-18-16/h14-17H,2-13H2,1H3. The van der Waals surface area contributed by atoms with Crippen LogP contribution in [0.3, 0.4) is 0 Å². The van der Waals surface area contributed by atoms with Crippen LogP contribution in [0.15, 0.2) is 0 Å². The molecule has 2 heteroatoms. The summed E-state index contributed by atoms with van der Waals surface area (Å²) in [6, 6.07) is 0.721. The van der Waals surface area contributed by atoms with Crippen molar-refractivity contribution in [2.75, 3.05) is 13.7 Å². The molecule has 1 saturated carbocycles. The van der Waals surface area contributed by atoms with Gasteiger partial charge in [-0.05, 0) is 51.5 Å². The third kappa shape index (κ3) is 4.89. The van der Waals surface area contributed by atoms with Crippen molar-refractivity contribution in [3.8, 4) is 0 Å². The Kier molecular flexibility index (Phi) is 6.50. The summed E-state index contributed by atoms with van der Waals surface area (Å²) in [6.45, 7) is 0.998. The lowest BCUT2D eigenvalue weighted by molar-refractivity contribution is 0.00820. The normalized spacial score (nSPS) is 28.2. The summed E-state index contributed by atoms with van der Waals surface area (Å²) in [5.74, 6) is 0.989. The zero-order chi connectivity index (χ0) is 12.6. The maximum Gasteiger partial charge on any atom is 0.0575 e. The number of hydrogen-bond acceptors (Lipinski definition) is 2. The van der Waals surface area contributed by atoms with Crippen molar-refractivity contribution < 1.29 is 4.74 Å². The molecule has 0 aromatic rings. The van der Waals surface area contributed by atoms with E-state index in [2.05, 4.69) is 12.4 Å². The van der Waals surface area contributed by atoms with Gasteiger partial charge in [0.15, 0.2) is 0 Å². The molecule has 18 heavy (non-hydrogen) atoms. The minimum atomic E-state index is 0.556. The lowest BCUT2D eigenvalue weighted by Crippen LogP contribution is -2.30. The first-order valence-electron chi connectivity index (χ1n) is 8.17. The van der Waals surface area contributed by atoms with E-state index >= 15 is 0 Å². The SMILES string of the molecule is CNC(CCC1CCCCO1)CC1CCCCC1. The third-order valence-corrected chi connectivity index (χ3v) is 4.86. The van der Waals surface area contributed by atoms with Crippen LogP contribution in [-0.4, -0.2) is 25.8 Å². The average molecular weight is 253 g/mol. The van der Waals surface area contributed by atoms with Gasteiger partial charge in [-0.15, -0.1) is 0 Å². The van der Waals surface area contributed by atoms with E-state index < -0.39 is 0 Å². The first-order chi connectivity index (χ1) is 8.88. The Bertz CT molecular complexity index is 207. The zero-order valence-electron chi connectivity index (χ0n) is 12.1. The summed E-state index contributed by atoms with van der Waals surface area (Å²) in [4.78, 5) is 0. The van der Waals surface area contributed by atoms with Crippen LogP contribution in [0.5, 0.6) is 0 Å². The molecule has 0 bridgehead atoms. The molecule has 1 heterocycles. The van der Waals surface area contributed by atoms with Gasteiger partial charge in [-0.1, -0.05) is 32.1 Å². The molecule has 2 nitrogen and oxygen atoms in total. The summed E-state index contributed by atoms with van der Waals surface area (Å²) < 4.78 is 5.84. The molecule has 0 aromatic carbocycles. The average Bonchev–Trinajstić information content (AvgIpc) is 2.45. The van der Waals surface area contributed by atoms with Crippen LogP contribution >= 0.6 is 0 Å². The molecule has 0 aromatic heterocycles. The van der Waals surface area contributed by atoms with Gasteiger partial charge in [0.2, 0.25) is 0 Å². The second-order valence-electron chi connectivity index (χ2n) is 6.29. The second-order valence-corrected chi connectivity index (χ2v) is 6.29. The lowest BCUT2D eigenvalue weighted by Gasteiger charge is -2.28. The number of nitrogens with one attached hydrogen (secondary N) is 1. The number of hydrogen-bond donors (Lipinski definition) is 1. The van der Waals surface area contributed by atoms with Crippen LogP contribution in [0, 0.1) is 5.92 Å². The van der Waals surface area contributed by atoms with Crippen LogP contribution in [0.2, 0.25) is 0 Å². The largest absolute Gasteiger partial charge is 0.378 e. The summed E-state index contributed by atoms with van der Waals surface area (Å²) in [6.07, 6.45) is 15.8. The van der Waals surface area contributed by atoms with E-state index in [0.717, 1.165) is 18.6 Å². The second kappa shape index (κ2) is 8.16. The number of ether oxygens (including phenoxy) is 1. The fourth-order valence-electron chi connectivity index (χ4n) is 3.63. The molecular formula is C16H31NO. The molecule has 0 spiro atoms. The summed E-state index contributed by atoms with van der Waals surface area (Å²) in [7, 11) is 2.13. The quantitative estimate of drug-likeness (QED) is 0.775. The minimum absolute atomic E-state index is 0.556. The van der Waals surface area contributed by atoms with Gasteiger partial charge in [0, 0.05) is 12.6 Å². The monoisotopic (exact) mass is 253 g/mol. The van der Waals surface area contributed by atoms with Crippen molar-refractivity contribution in [3.05, 3.63) is 0 Å². The van der Waals surface area contributed by atoms with Crippen molar-refractivity contribution in [1.29, 1.82) is 0 Å². The lowest BCUT2D eigenvalue weighted by atomic mass is 9.83. The van der Waals surface area contributed by atoms with Gasteiger partial charge in [-0.2, -0.15) is 0 Å². The van der Waals surface area contributed by atoms with Gasteiger partial charge in [0.05, 0.1) is 6.10 Å². The third-order valence-electron chi connectivity index (χ3n) is 4.86. The van der Waals surface area contributed by atoms with Gasteiger partial charge < -0.3 is 10.1 Å². The Hall–Kier alpha value is -0.0800. The Labute approximate surface area is 113 Å². The molecule has 0 radical (unpaired) electrons. The molecule has 0 amide bonds. The van der Waals surface area contributed by atoms with Crippen LogP contribution in [0.1, 0.15) is 70.6 Å². The highest BCUT2D eigenvalue weighted by Crippen LogP contribution is 2.28. The van der Waals surface area contributed by atoms with Crippen molar-refractivity contribution >= 4 is 0 Å². The zero-order valence-corrected chi connectivity index (χ0v) is 12.1. The molecule has 1 N–H and O–H groups in total. The molecule has 1 aliphatic carbocycles. The highest BCUT2D eigenvalue weighted by atomic mass is 16.5. The fraction of sp³-hybridized carbons (Fsp3) is 1.00. The fourth-order valence-corrected chi connectivity index (χ4v) is 3.63.